The van der Waals surface area contributed by atoms with Crippen LogP contribution >= 0.6 is 11.3 Å². The van der Waals surface area contributed by atoms with Crippen LogP contribution in [0.2, 0.25) is 0 Å². The zero-order valence-electron chi connectivity index (χ0n) is 15.7. The van der Waals surface area contributed by atoms with Gasteiger partial charge in [0.05, 0.1) is 5.69 Å². The maximum atomic E-state index is 10.8. The Morgan fingerprint density at radius 3 is 2.08 bits per heavy atom. The molecule has 0 spiro atoms. The largest absolute Gasteiger partial charge is 0.507 e. The van der Waals surface area contributed by atoms with Gasteiger partial charge >= 0.3 is 0 Å². The van der Waals surface area contributed by atoms with Crippen LogP contribution in [-0.4, -0.2) is 16.5 Å². The molecule has 0 aliphatic rings. The van der Waals surface area contributed by atoms with E-state index in [2.05, 4.69) is 51.8 Å². The van der Waals surface area contributed by atoms with Crippen LogP contribution in [0.3, 0.4) is 0 Å². The van der Waals surface area contributed by atoms with Crippen LogP contribution in [0.25, 0.3) is 12.2 Å². The summed E-state index contributed by atoms with van der Waals surface area (Å²) in [7, 11) is 0. The lowest BCUT2D eigenvalue weighted by atomic mass is 9.78. The first-order chi connectivity index (χ1) is 11.5. The molecule has 0 unspecified atom stereocenters. The second-order valence-corrected chi connectivity index (χ2v) is 9.00. The second-order valence-electron chi connectivity index (χ2n) is 8.14. The van der Waals surface area contributed by atoms with Crippen LogP contribution in [0.4, 0.5) is 5.13 Å². The molecule has 0 atom stereocenters. The third-order valence-corrected chi connectivity index (χ3v) is 4.69. The van der Waals surface area contributed by atoms with Gasteiger partial charge in [-0.3, -0.25) is 4.79 Å². The molecule has 0 saturated carbocycles. The molecule has 134 valence electrons. The second kappa shape index (κ2) is 7.00. The summed E-state index contributed by atoms with van der Waals surface area (Å²) in [5.74, 6) is 0.378. The third-order valence-electron chi connectivity index (χ3n) is 3.90. The van der Waals surface area contributed by atoms with Crippen LogP contribution in [0.15, 0.2) is 17.5 Å². The van der Waals surface area contributed by atoms with Gasteiger partial charge in [-0.2, -0.15) is 0 Å². The van der Waals surface area contributed by atoms with Crippen molar-refractivity contribution in [2.45, 2.75) is 52.4 Å². The molecule has 4 nitrogen and oxygen atoms in total. The number of thiazole rings is 1. The topological polar surface area (TPSA) is 62.2 Å². The third kappa shape index (κ3) is 4.69. The van der Waals surface area contributed by atoms with Gasteiger partial charge in [0.2, 0.25) is 6.41 Å². The van der Waals surface area contributed by atoms with Crippen LogP contribution in [0.1, 0.15) is 63.9 Å². The van der Waals surface area contributed by atoms with E-state index >= 15 is 0 Å². The molecular weight excluding hydrogens is 332 g/mol. The number of anilines is 1. The number of amides is 1. The number of phenols is 1. The highest BCUT2D eigenvalue weighted by Crippen LogP contribution is 2.40. The van der Waals surface area contributed by atoms with E-state index in [1.54, 1.807) is 0 Å². The fraction of sp³-hybridized carbons (Fsp3) is 0.400. The molecular formula is C20H26N2O2S. The van der Waals surface area contributed by atoms with Crippen molar-refractivity contribution < 1.29 is 9.90 Å². The van der Waals surface area contributed by atoms with E-state index in [4.69, 9.17) is 0 Å². The van der Waals surface area contributed by atoms with E-state index in [-0.39, 0.29) is 10.8 Å². The van der Waals surface area contributed by atoms with Gasteiger partial charge < -0.3 is 10.4 Å². The van der Waals surface area contributed by atoms with Crippen molar-refractivity contribution in [3.05, 3.63) is 39.9 Å². The number of phenolic OH excluding ortho intramolecular Hbond substituents is 1. The zero-order chi connectivity index (χ0) is 18.8. The first-order valence-corrected chi connectivity index (χ1v) is 9.12. The summed E-state index contributed by atoms with van der Waals surface area (Å²) >= 11 is 1.38. The quantitative estimate of drug-likeness (QED) is 0.740. The van der Waals surface area contributed by atoms with Crippen LogP contribution in [0.5, 0.6) is 5.75 Å². The number of hydrogen-bond acceptors (Lipinski definition) is 4. The van der Waals surface area contributed by atoms with Gasteiger partial charge in [0.1, 0.15) is 5.75 Å². The Labute approximate surface area is 153 Å². The predicted molar refractivity (Wildman–Crippen MR) is 106 cm³/mol. The highest BCUT2D eigenvalue weighted by molar-refractivity contribution is 7.14. The standard InChI is InChI=1S/C20H26N2O2S/c1-19(2,3)15-9-13(10-16(17(15)24)20(4,5)6)7-8-14-11-25-18(22-14)21-12-23/h7-12,24H,1-6H3,(H,21,22,23)/b8-7+. The van der Waals surface area contributed by atoms with Crippen molar-refractivity contribution in [2.75, 3.05) is 5.32 Å². The zero-order valence-corrected chi connectivity index (χ0v) is 16.5. The Morgan fingerprint density at radius 1 is 1.04 bits per heavy atom. The first kappa shape index (κ1) is 19.2. The summed E-state index contributed by atoms with van der Waals surface area (Å²) in [4.78, 5) is 14.8. The summed E-state index contributed by atoms with van der Waals surface area (Å²) in [6.45, 7) is 12.6. The Balaban J connectivity index is 2.46. The number of nitrogens with zero attached hydrogens (tertiary/aromatic N) is 1. The number of aromatic hydroxyl groups is 1. The number of carbonyl (C=O) groups is 1. The van der Waals surface area contributed by atoms with E-state index in [1.165, 1.54) is 11.3 Å². The number of benzene rings is 1. The molecule has 25 heavy (non-hydrogen) atoms. The smallest absolute Gasteiger partial charge is 0.213 e. The van der Waals surface area contributed by atoms with Gasteiger partial charge in [0.25, 0.3) is 0 Å². The number of aromatic nitrogens is 1. The van der Waals surface area contributed by atoms with Crippen molar-refractivity contribution in [1.29, 1.82) is 0 Å². The minimum Gasteiger partial charge on any atom is -0.507 e. The van der Waals surface area contributed by atoms with Crippen LogP contribution in [0, 0.1) is 0 Å². The number of rotatable bonds is 4. The molecule has 1 amide bonds. The monoisotopic (exact) mass is 358 g/mol. The molecule has 0 aliphatic carbocycles. The van der Waals surface area contributed by atoms with Crippen LogP contribution in [-0.2, 0) is 15.6 Å². The molecule has 1 aromatic carbocycles. The lowest BCUT2D eigenvalue weighted by Gasteiger charge is -2.27. The molecule has 2 rings (SSSR count). The van der Waals surface area contributed by atoms with E-state index in [9.17, 15) is 9.90 Å². The van der Waals surface area contributed by atoms with Gasteiger partial charge in [-0.05, 0) is 34.6 Å². The number of nitrogens with one attached hydrogen (secondary N) is 1. The highest BCUT2D eigenvalue weighted by atomic mass is 32.1. The predicted octanol–water partition coefficient (Wildman–Crippen LogP) is 5.18. The fourth-order valence-electron chi connectivity index (χ4n) is 2.56. The Kier molecular flexibility index (Phi) is 5.37. The van der Waals surface area contributed by atoms with Gasteiger partial charge in [-0.15, -0.1) is 11.3 Å². The average Bonchev–Trinajstić information content (AvgIpc) is 2.92. The van der Waals surface area contributed by atoms with Crippen molar-refractivity contribution >= 4 is 35.0 Å². The van der Waals surface area contributed by atoms with E-state index in [1.807, 2.05) is 29.7 Å². The SMILES string of the molecule is CC(C)(C)c1cc(/C=C/c2csc(NC=O)n2)cc(C(C)(C)C)c1O. The van der Waals surface area contributed by atoms with E-state index < -0.39 is 0 Å². The minimum absolute atomic E-state index is 0.157. The van der Waals surface area contributed by atoms with E-state index in [0.717, 1.165) is 22.4 Å². The Morgan fingerprint density at radius 2 is 1.60 bits per heavy atom. The van der Waals surface area contributed by atoms with Crippen molar-refractivity contribution in [2.24, 2.45) is 0 Å². The first-order valence-electron chi connectivity index (χ1n) is 8.24. The summed E-state index contributed by atoms with van der Waals surface area (Å²) in [5, 5.41) is 15.8. The van der Waals surface area contributed by atoms with Gasteiger partial charge in [0, 0.05) is 16.5 Å². The fourth-order valence-corrected chi connectivity index (χ4v) is 3.20. The van der Waals surface area contributed by atoms with Crippen molar-refractivity contribution in [3.8, 4) is 5.75 Å². The molecule has 2 N–H and O–H groups in total. The molecule has 5 heteroatoms. The van der Waals surface area contributed by atoms with Gasteiger partial charge in [-0.1, -0.05) is 47.6 Å². The molecule has 0 radical (unpaired) electrons. The lowest BCUT2D eigenvalue weighted by molar-refractivity contribution is -0.105. The molecule has 0 bridgehead atoms. The lowest BCUT2D eigenvalue weighted by Crippen LogP contribution is -2.17. The summed E-state index contributed by atoms with van der Waals surface area (Å²) in [5.41, 5.74) is 3.36. The highest BCUT2D eigenvalue weighted by Gasteiger charge is 2.26. The number of carbonyl (C=O) groups excluding carboxylic acids is 1. The average molecular weight is 359 g/mol. The van der Waals surface area contributed by atoms with Crippen LogP contribution < -0.4 is 5.32 Å². The molecule has 0 aliphatic heterocycles. The van der Waals surface area contributed by atoms with Crippen molar-refractivity contribution in [1.82, 2.24) is 4.98 Å². The molecule has 1 heterocycles. The van der Waals surface area contributed by atoms with Gasteiger partial charge in [-0.25, -0.2) is 4.98 Å². The number of hydrogen-bond donors (Lipinski definition) is 2. The maximum absolute atomic E-state index is 10.8. The molecule has 0 saturated heterocycles. The minimum atomic E-state index is -0.157. The summed E-state index contributed by atoms with van der Waals surface area (Å²) < 4.78 is 0. The Bertz CT molecular complexity index is 758. The van der Waals surface area contributed by atoms with Gasteiger partial charge in [0.15, 0.2) is 5.13 Å². The molecule has 2 aromatic rings. The van der Waals surface area contributed by atoms with Crippen molar-refractivity contribution in [3.63, 3.8) is 0 Å². The maximum Gasteiger partial charge on any atom is 0.213 e. The Hall–Kier alpha value is -2.14. The molecule has 1 aromatic heterocycles. The summed E-state index contributed by atoms with van der Waals surface area (Å²) in [6, 6.07) is 4.05. The van der Waals surface area contributed by atoms with E-state index in [0.29, 0.717) is 17.3 Å². The summed E-state index contributed by atoms with van der Waals surface area (Å²) in [6.07, 6.45) is 4.53. The normalized spacial score (nSPS) is 12.6. The molecule has 0 fully saturated rings.